The van der Waals surface area contributed by atoms with E-state index in [9.17, 15) is 19.7 Å². The Bertz CT molecular complexity index is 1990. The van der Waals surface area contributed by atoms with Crippen molar-refractivity contribution >= 4 is 28.7 Å². The van der Waals surface area contributed by atoms with E-state index in [1.807, 2.05) is 0 Å². The van der Waals surface area contributed by atoms with Gasteiger partial charge < -0.3 is 25.4 Å². The van der Waals surface area contributed by atoms with Gasteiger partial charge in [0.1, 0.15) is 18.0 Å². The molecule has 2 aromatic heterocycles. The Kier molecular flexibility index (Phi) is 3.51. The number of ether oxygens (including phenoxy) is 1. The van der Waals surface area contributed by atoms with Crippen molar-refractivity contribution in [3.05, 3.63) is 35.1 Å². The fraction of sp³-hybridized carbons (Fsp3) is 0.583. The summed E-state index contributed by atoms with van der Waals surface area (Å²) in [5.74, 6) is -4.22. The Morgan fingerprint density at radius 1 is 1.39 bits per heavy atom. The average molecular weight is 536 g/mol. The SMILES string of the molecule is [2H]c1c([2H])c([C@]2([2H])C[C@@]2([2H])Nc2nc(SC([2H])([2H])C([2H])([2H])C)nc3c2nnn3[C@]2([2H])C([2H])([2H])[C@]([2H])(OCC([2H])([2H])O)[C@@]([2H])(O)[C@@]2([2H])O)c([2H])c(F)c1C. The molecule has 0 bridgehead atoms. The molecule has 5 rings (SSSR count). The third-order valence-electron chi connectivity index (χ3n) is 5.02. The zero-order valence-corrected chi connectivity index (χ0v) is 19.5. The minimum Gasteiger partial charge on any atom is -0.394 e. The van der Waals surface area contributed by atoms with E-state index in [0.29, 0.717) is 0 Å². The Balaban J connectivity index is 1.74. The van der Waals surface area contributed by atoms with Crippen LogP contribution in [0, 0.1) is 12.7 Å². The second-order valence-electron chi connectivity index (χ2n) is 7.38. The highest BCUT2D eigenvalue weighted by atomic mass is 32.2. The Morgan fingerprint density at radius 3 is 3.00 bits per heavy atom. The van der Waals surface area contributed by atoms with Crippen LogP contribution in [0.1, 0.15) is 72.4 Å². The summed E-state index contributed by atoms with van der Waals surface area (Å²) in [5, 5.41) is 40.8. The molecular formula is C24H31FN6O4S. The summed E-state index contributed by atoms with van der Waals surface area (Å²) in [6.07, 6.45) is -19.6. The molecule has 2 aliphatic rings. The van der Waals surface area contributed by atoms with Crippen molar-refractivity contribution in [3.63, 3.8) is 0 Å². The topological polar surface area (TPSA) is 138 Å². The minimum atomic E-state index is -4.21. The van der Waals surface area contributed by atoms with Gasteiger partial charge in [0, 0.05) is 33.6 Å². The van der Waals surface area contributed by atoms with Crippen molar-refractivity contribution in [3.8, 4) is 0 Å². The van der Waals surface area contributed by atoms with E-state index < -0.39 is 126 Å². The van der Waals surface area contributed by atoms with Gasteiger partial charge >= 0.3 is 0 Å². The number of thioether (sulfide) groups is 1. The molecule has 36 heavy (non-hydrogen) atoms. The van der Waals surface area contributed by atoms with Gasteiger partial charge in [0.05, 0.1) is 39.0 Å². The Hall–Kier alpha value is -2.38. The molecule has 0 aliphatic heterocycles. The normalized spacial score (nSPS) is 49.3. The molecule has 2 fully saturated rings. The molecule has 0 unspecified atom stereocenters. The van der Waals surface area contributed by atoms with E-state index in [4.69, 9.17) is 28.0 Å². The van der Waals surface area contributed by atoms with Crippen molar-refractivity contribution in [2.45, 2.75) is 74.3 Å². The molecule has 1 aromatic carbocycles. The second kappa shape index (κ2) is 10.5. The maximum Gasteiger partial charge on any atom is 0.191 e. The average Bonchev–Trinajstić information content (AvgIpc) is 3.28. The van der Waals surface area contributed by atoms with E-state index in [2.05, 4.69) is 25.6 Å². The number of halogens is 1. The summed E-state index contributed by atoms with van der Waals surface area (Å²) in [7, 11) is 0. The first kappa shape index (κ1) is 12.0. The third-order valence-corrected chi connectivity index (χ3v) is 5.69. The number of rotatable bonds is 10. The standard InChI is InChI=1S/C24H31FN6O4S/c1-3-8-36-24-27-22(26-16-10-14(16)13-5-4-12(2)15(25)9-13)19-23(28-24)31(30-29-19)17-11-18(35-7-6-32)21(34)20(17)33/h4-5,9,14,16-18,20-21,32-34H,3,6-8,10-11H2,1-2H3,(H,26,27,28)/t14-,16+,17+,18-,20-,21+/m0/s1/i3D2,4D,5D,6D2,8D2,9D,11D2,14D,16D,17D,18D,20D,21D. The molecule has 12 heteroatoms. The minimum absolute atomic E-state index is 0.00150. The molecule has 2 heterocycles. The van der Waals surface area contributed by atoms with Gasteiger partial charge in [-0.15, -0.1) is 5.10 Å². The molecule has 2 saturated carbocycles. The summed E-state index contributed by atoms with van der Waals surface area (Å²) in [6.45, 7) is -2.91. The highest BCUT2D eigenvalue weighted by Gasteiger charge is 2.45. The molecular weight excluding hydrogens is 487 g/mol. The van der Waals surface area contributed by atoms with E-state index >= 15 is 0 Å². The van der Waals surface area contributed by atoms with Gasteiger partial charge in [-0.3, -0.25) is 0 Å². The van der Waals surface area contributed by atoms with E-state index in [1.54, 1.807) is 0 Å². The van der Waals surface area contributed by atoms with Crippen molar-refractivity contribution < 1.29 is 47.7 Å². The van der Waals surface area contributed by atoms with Crippen LogP contribution in [-0.2, 0) is 4.74 Å². The summed E-state index contributed by atoms with van der Waals surface area (Å²) in [4.78, 5) is 8.03. The Morgan fingerprint density at radius 2 is 2.22 bits per heavy atom. The van der Waals surface area contributed by atoms with E-state index in [1.165, 1.54) is 0 Å². The number of nitrogens with one attached hydrogen (secondary N) is 1. The largest absolute Gasteiger partial charge is 0.394 e. The lowest BCUT2D eigenvalue weighted by molar-refractivity contribution is -0.0629. The number of aromatic nitrogens is 5. The molecule has 0 radical (unpaired) electrons. The first-order valence-electron chi connectivity index (χ1n) is 18.8. The van der Waals surface area contributed by atoms with Crippen LogP contribution in [0.5, 0.6) is 0 Å². The van der Waals surface area contributed by atoms with E-state index in [-0.39, 0.29) is 22.0 Å². The summed E-state index contributed by atoms with van der Waals surface area (Å²) in [5.41, 5.74) is -5.49. The van der Waals surface area contributed by atoms with Gasteiger partial charge in [-0.25, -0.2) is 19.0 Å². The lowest BCUT2D eigenvalue weighted by atomic mass is 10.1. The third kappa shape index (κ3) is 4.92. The number of anilines is 1. The van der Waals surface area contributed by atoms with Gasteiger partial charge in [-0.05, 0) is 36.9 Å². The van der Waals surface area contributed by atoms with Gasteiger partial charge in [-0.2, -0.15) is 0 Å². The number of fused-ring (bicyclic) bond motifs is 1. The van der Waals surface area contributed by atoms with Gasteiger partial charge in [0.15, 0.2) is 22.1 Å². The number of aliphatic hydroxyl groups is 3. The van der Waals surface area contributed by atoms with Crippen LogP contribution in [0.3, 0.4) is 0 Å². The molecule has 0 amide bonds. The van der Waals surface area contributed by atoms with Gasteiger partial charge in [0.2, 0.25) is 0 Å². The second-order valence-corrected chi connectivity index (χ2v) is 8.15. The highest BCUT2D eigenvalue weighted by molar-refractivity contribution is 7.99. The predicted molar refractivity (Wildman–Crippen MR) is 133 cm³/mol. The first-order valence-corrected chi connectivity index (χ1v) is 11.1. The summed E-state index contributed by atoms with van der Waals surface area (Å²) in [6, 6.07) is -8.58. The van der Waals surface area contributed by atoms with Crippen LogP contribution >= 0.6 is 11.8 Å². The van der Waals surface area contributed by atoms with Crippen molar-refractivity contribution in [1.29, 1.82) is 0 Å². The zero-order chi connectivity index (χ0) is 40.7. The molecule has 194 valence electrons. The zero-order valence-electron chi connectivity index (χ0n) is 35.7. The van der Waals surface area contributed by atoms with Crippen LogP contribution in [0.25, 0.3) is 11.2 Å². The van der Waals surface area contributed by atoms with Crippen molar-refractivity contribution in [1.82, 2.24) is 25.0 Å². The van der Waals surface area contributed by atoms with Gasteiger partial charge in [-0.1, -0.05) is 36.0 Å². The van der Waals surface area contributed by atoms with Crippen LogP contribution in [0.15, 0.2) is 23.3 Å². The van der Waals surface area contributed by atoms with Crippen LogP contribution in [-0.4, -0.2) is 83.4 Å². The quantitative estimate of drug-likeness (QED) is 0.226. The smallest absolute Gasteiger partial charge is 0.191 e. The maximum atomic E-state index is 14.9. The van der Waals surface area contributed by atoms with Crippen LogP contribution in [0.2, 0.25) is 0 Å². The maximum absolute atomic E-state index is 14.9. The number of benzene rings is 1. The lowest BCUT2D eigenvalue weighted by Crippen LogP contribution is -2.33. The first-order chi connectivity index (χ1) is 23.6. The number of hydrogen-bond acceptors (Lipinski definition) is 10. The lowest BCUT2D eigenvalue weighted by Gasteiger charge is -2.17. The molecule has 10 nitrogen and oxygen atoms in total. The molecule has 0 spiro atoms. The summed E-state index contributed by atoms with van der Waals surface area (Å²) < 4.78 is 161. The molecule has 0 saturated heterocycles. The van der Waals surface area contributed by atoms with Crippen molar-refractivity contribution in [2.24, 2.45) is 0 Å². The molecule has 6 atom stereocenters. The molecule has 4 N–H and O–H groups in total. The van der Waals surface area contributed by atoms with Crippen molar-refractivity contribution in [2.75, 3.05) is 24.2 Å². The highest BCUT2D eigenvalue weighted by Crippen LogP contribution is 2.44. The Labute approximate surface area is 236 Å². The fourth-order valence-electron chi connectivity index (χ4n) is 3.21. The number of nitrogens with zero attached hydrogens (tertiary/aromatic N) is 5. The van der Waals surface area contributed by atoms with E-state index in [0.717, 1.165) is 13.8 Å². The predicted octanol–water partition coefficient (Wildman–Crippen LogP) is 2.18. The molecule has 2 aliphatic carbocycles. The van der Waals surface area contributed by atoms with Gasteiger partial charge in [0.25, 0.3) is 0 Å². The monoisotopic (exact) mass is 535 g/mol. The molecule has 3 aromatic rings. The van der Waals surface area contributed by atoms with Crippen LogP contribution in [0.4, 0.5) is 10.2 Å². The number of hydrogen-bond donors (Lipinski definition) is 4. The van der Waals surface area contributed by atoms with Crippen LogP contribution < -0.4 is 5.32 Å². The fourth-order valence-corrected chi connectivity index (χ4v) is 3.68. The summed E-state index contributed by atoms with van der Waals surface area (Å²) >= 11 is 0.00150.